The fraction of sp³-hybridized carbons (Fsp3) is 0.200. The molecule has 2 heterocycles. The van der Waals surface area contributed by atoms with Gasteiger partial charge < -0.3 is 14.6 Å². The molecule has 1 N–H and O–H groups in total. The fourth-order valence-electron chi connectivity index (χ4n) is 3.01. The minimum absolute atomic E-state index is 0.201. The van der Waals surface area contributed by atoms with Crippen molar-refractivity contribution < 1.29 is 14.1 Å². The van der Waals surface area contributed by atoms with E-state index in [-0.39, 0.29) is 18.6 Å². The first kappa shape index (κ1) is 16.7. The van der Waals surface area contributed by atoms with Gasteiger partial charge in [-0.25, -0.2) is 0 Å². The van der Waals surface area contributed by atoms with Crippen LogP contribution in [0.5, 0.6) is 5.75 Å². The van der Waals surface area contributed by atoms with Crippen LogP contribution in [0.1, 0.15) is 28.5 Å². The van der Waals surface area contributed by atoms with Gasteiger partial charge in [0.15, 0.2) is 5.76 Å². The molecule has 26 heavy (non-hydrogen) atoms. The highest BCUT2D eigenvalue weighted by Crippen LogP contribution is 2.33. The van der Waals surface area contributed by atoms with Crippen LogP contribution in [0.25, 0.3) is 11.3 Å². The zero-order valence-corrected chi connectivity index (χ0v) is 14.9. The molecule has 0 fully saturated rings. The van der Waals surface area contributed by atoms with E-state index in [4.69, 9.17) is 20.9 Å². The molecule has 0 aliphatic carbocycles. The molecule has 1 aliphatic rings. The number of hydrogen-bond donors (Lipinski definition) is 1. The fourth-order valence-corrected chi connectivity index (χ4v) is 3.20. The highest BCUT2D eigenvalue weighted by molar-refractivity contribution is 6.30. The molecule has 1 unspecified atom stereocenters. The van der Waals surface area contributed by atoms with Gasteiger partial charge >= 0.3 is 0 Å². The summed E-state index contributed by atoms with van der Waals surface area (Å²) in [5.74, 6) is 1.38. The molecule has 3 aromatic rings. The summed E-state index contributed by atoms with van der Waals surface area (Å²) in [5, 5.41) is 7.38. The number of fused-ring (bicyclic) bond motifs is 1. The summed E-state index contributed by atoms with van der Waals surface area (Å²) in [6, 6.07) is 14.6. The summed E-state index contributed by atoms with van der Waals surface area (Å²) in [7, 11) is 0. The van der Waals surface area contributed by atoms with E-state index in [1.54, 1.807) is 24.3 Å². The number of halogens is 1. The Bertz CT molecular complexity index is 967. The molecule has 0 radical (unpaired) electrons. The van der Waals surface area contributed by atoms with Crippen LogP contribution in [0.2, 0.25) is 5.02 Å². The molecule has 1 amide bonds. The number of hydrogen-bond acceptors (Lipinski definition) is 4. The average molecular weight is 369 g/mol. The van der Waals surface area contributed by atoms with Gasteiger partial charge in [0.05, 0.1) is 6.54 Å². The Balaban J connectivity index is 1.44. The van der Waals surface area contributed by atoms with Crippen LogP contribution >= 0.6 is 11.6 Å². The lowest BCUT2D eigenvalue weighted by molar-refractivity contribution is 0.0950. The maximum absolute atomic E-state index is 12.2. The van der Waals surface area contributed by atoms with Crippen molar-refractivity contribution in [2.75, 3.05) is 0 Å². The van der Waals surface area contributed by atoms with E-state index in [0.717, 1.165) is 17.7 Å². The first-order chi connectivity index (χ1) is 12.6. The van der Waals surface area contributed by atoms with Crippen molar-refractivity contribution in [3.8, 4) is 17.1 Å². The highest BCUT2D eigenvalue weighted by atomic mass is 35.5. The zero-order valence-electron chi connectivity index (χ0n) is 14.2. The number of carbonyl (C=O) groups excluding carboxylic acids is 1. The molecule has 0 saturated carbocycles. The smallest absolute Gasteiger partial charge is 0.251 e. The number of nitrogens with zero attached hydrogens (tertiary/aromatic N) is 1. The van der Waals surface area contributed by atoms with Crippen LogP contribution in [-0.4, -0.2) is 17.2 Å². The SMILES string of the molecule is CC1Cc2cc(-c3cc(CNC(=O)c4cccc(Cl)c4)no3)ccc2O1. The second-order valence-electron chi connectivity index (χ2n) is 6.33. The lowest BCUT2D eigenvalue weighted by Crippen LogP contribution is -2.22. The van der Waals surface area contributed by atoms with Crippen molar-refractivity contribution in [1.82, 2.24) is 10.5 Å². The number of aromatic nitrogens is 1. The predicted octanol–water partition coefficient (Wildman–Crippen LogP) is 4.25. The summed E-state index contributed by atoms with van der Waals surface area (Å²) < 4.78 is 11.1. The molecule has 0 saturated heterocycles. The lowest BCUT2D eigenvalue weighted by atomic mass is 10.1. The highest BCUT2D eigenvalue weighted by Gasteiger charge is 2.20. The van der Waals surface area contributed by atoms with Crippen LogP contribution in [0.15, 0.2) is 53.1 Å². The molecule has 1 atom stereocenters. The van der Waals surface area contributed by atoms with Crippen LogP contribution in [0.4, 0.5) is 0 Å². The number of benzene rings is 2. The van der Waals surface area contributed by atoms with E-state index in [2.05, 4.69) is 23.5 Å². The minimum atomic E-state index is -0.208. The average Bonchev–Trinajstić information content (AvgIpc) is 3.24. The third kappa shape index (κ3) is 3.44. The van der Waals surface area contributed by atoms with Gasteiger partial charge in [-0.2, -0.15) is 0 Å². The van der Waals surface area contributed by atoms with Crippen molar-refractivity contribution in [2.45, 2.75) is 26.0 Å². The molecule has 1 aromatic heterocycles. The molecule has 6 heteroatoms. The normalized spacial score (nSPS) is 15.4. The third-order valence-electron chi connectivity index (χ3n) is 4.26. The number of nitrogens with one attached hydrogen (secondary N) is 1. The molecule has 4 rings (SSSR count). The molecule has 1 aliphatic heterocycles. The Hall–Kier alpha value is -2.79. The second kappa shape index (κ2) is 6.84. The number of ether oxygens (including phenoxy) is 1. The largest absolute Gasteiger partial charge is 0.490 e. The van der Waals surface area contributed by atoms with Gasteiger partial charge in [-0.3, -0.25) is 4.79 Å². The van der Waals surface area contributed by atoms with Gasteiger partial charge in [0, 0.05) is 28.6 Å². The summed E-state index contributed by atoms with van der Waals surface area (Å²) in [4.78, 5) is 12.2. The molecule has 2 aromatic carbocycles. The van der Waals surface area contributed by atoms with Gasteiger partial charge in [-0.1, -0.05) is 22.8 Å². The van der Waals surface area contributed by atoms with Crippen molar-refractivity contribution in [3.63, 3.8) is 0 Å². The van der Waals surface area contributed by atoms with Crippen LogP contribution in [0.3, 0.4) is 0 Å². The van der Waals surface area contributed by atoms with Gasteiger partial charge in [-0.05, 0) is 48.9 Å². The Kier molecular flexibility index (Phi) is 4.39. The molecular weight excluding hydrogens is 352 g/mol. The van der Waals surface area contributed by atoms with E-state index in [9.17, 15) is 4.79 Å². The maximum Gasteiger partial charge on any atom is 0.251 e. The standard InChI is InChI=1S/C20H17ClN2O3/c1-12-7-15-8-13(5-6-18(15)25-12)19-10-17(23-26-19)11-22-20(24)14-3-2-4-16(21)9-14/h2-6,8-10,12H,7,11H2,1H3,(H,22,24). The van der Waals surface area contributed by atoms with E-state index < -0.39 is 0 Å². The summed E-state index contributed by atoms with van der Waals surface area (Å²) in [5.41, 5.74) is 3.28. The van der Waals surface area contributed by atoms with E-state index in [0.29, 0.717) is 22.0 Å². The summed E-state index contributed by atoms with van der Waals surface area (Å²) in [6.45, 7) is 2.33. The Morgan fingerprint density at radius 2 is 2.15 bits per heavy atom. The Morgan fingerprint density at radius 3 is 3.00 bits per heavy atom. The predicted molar refractivity (Wildman–Crippen MR) is 98.4 cm³/mol. The van der Waals surface area contributed by atoms with Gasteiger partial charge in [-0.15, -0.1) is 0 Å². The lowest BCUT2D eigenvalue weighted by Gasteiger charge is -2.03. The molecule has 5 nitrogen and oxygen atoms in total. The maximum atomic E-state index is 12.2. The topological polar surface area (TPSA) is 64.4 Å². The Labute approximate surface area is 155 Å². The van der Waals surface area contributed by atoms with Crippen LogP contribution in [-0.2, 0) is 13.0 Å². The Morgan fingerprint density at radius 1 is 1.27 bits per heavy atom. The first-order valence-electron chi connectivity index (χ1n) is 8.38. The minimum Gasteiger partial charge on any atom is -0.490 e. The third-order valence-corrected chi connectivity index (χ3v) is 4.49. The molecule has 0 spiro atoms. The van der Waals surface area contributed by atoms with E-state index >= 15 is 0 Å². The molecule has 132 valence electrons. The van der Waals surface area contributed by atoms with Crippen molar-refractivity contribution in [2.24, 2.45) is 0 Å². The van der Waals surface area contributed by atoms with E-state index in [1.807, 2.05) is 18.2 Å². The summed E-state index contributed by atoms with van der Waals surface area (Å²) >= 11 is 5.91. The van der Waals surface area contributed by atoms with E-state index in [1.165, 1.54) is 5.56 Å². The van der Waals surface area contributed by atoms with Gasteiger partial charge in [0.1, 0.15) is 17.5 Å². The van der Waals surface area contributed by atoms with Gasteiger partial charge in [0.25, 0.3) is 5.91 Å². The number of carbonyl (C=O) groups is 1. The van der Waals surface area contributed by atoms with Crippen LogP contribution < -0.4 is 10.1 Å². The van der Waals surface area contributed by atoms with Crippen molar-refractivity contribution in [3.05, 3.63) is 70.4 Å². The van der Waals surface area contributed by atoms with Crippen LogP contribution in [0, 0.1) is 0 Å². The van der Waals surface area contributed by atoms with Crippen molar-refractivity contribution in [1.29, 1.82) is 0 Å². The zero-order chi connectivity index (χ0) is 18.1. The molecule has 0 bridgehead atoms. The first-order valence-corrected chi connectivity index (χ1v) is 8.75. The number of rotatable bonds is 4. The van der Waals surface area contributed by atoms with Crippen molar-refractivity contribution >= 4 is 17.5 Å². The number of amides is 1. The molecular formula is C20H17ClN2O3. The second-order valence-corrected chi connectivity index (χ2v) is 6.77. The van der Waals surface area contributed by atoms with Gasteiger partial charge in [0.2, 0.25) is 0 Å². The summed E-state index contributed by atoms with van der Waals surface area (Å²) in [6.07, 6.45) is 1.09. The quantitative estimate of drug-likeness (QED) is 0.747. The monoisotopic (exact) mass is 368 g/mol.